The van der Waals surface area contributed by atoms with Crippen molar-refractivity contribution < 1.29 is 4.74 Å². The third-order valence-electron chi connectivity index (χ3n) is 4.44. The summed E-state index contributed by atoms with van der Waals surface area (Å²) in [6, 6.07) is 0.484. The van der Waals surface area contributed by atoms with Crippen LogP contribution in [0.25, 0.3) is 0 Å². The zero-order valence-electron chi connectivity index (χ0n) is 12.5. The van der Waals surface area contributed by atoms with Gasteiger partial charge in [0.15, 0.2) is 5.96 Å². The number of nitrogens with zero attached hydrogens (tertiary/aromatic N) is 1. The fraction of sp³-hybridized carbons (Fsp3) is 0.929. The molecular weight excluding hydrogens is 353 g/mol. The predicted octanol–water partition coefficient (Wildman–Crippen LogP) is 2.38. The van der Waals surface area contributed by atoms with Crippen LogP contribution in [0.3, 0.4) is 0 Å². The highest BCUT2D eigenvalue weighted by Crippen LogP contribution is 2.51. The molecule has 0 radical (unpaired) electrons. The Hall–Kier alpha value is -0.0400. The lowest BCUT2D eigenvalue weighted by Gasteiger charge is -2.54. The second-order valence-corrected chi connectivity index (χ2v) is 6.04. The smallest absolute Gasteiger partial charge is 0.191 e. The van der Waals surface area contributed by atoms with E-state index in [2.05, 4.69) is 36.4 Å². The van der Waals surface area contributed by atoms with Gasteiger partial charge in [-0.1, -0.05) is 27.2 Å². The predicted molar refractivity (Wildman–Crippen MR) is 90.2 cm³/mol. The molecule has 0 aromatic rings. The van der Waals surface area contributed by atoms with Crippen LogP contribution in [0.2, 0.25) is 0 Å². The maximum atomic E-state index is 5.81. The Kier molecular flexibility index (Phi) is 6.36. The van der Waals surface area contributed by atoms with Crippen LogP contribution in [0.5, 0.6) is 0 Å². The Morgan fingerprint density at radius 2 is 2.16 bits per heavy atom. The molecule has 3 atom stereocenters. The topological polar surface area (TPSA) is 45.7 Å². The van der Waals surface area contributed by atoms with Crippen LogP contribution in [-0.4, -0.2) is 38.3 Å². The lowest BCUT2D eigenvalue weighted by atomic mass is 9.57. The zero-order valence-corrected chi connectivity index (χ0v) is 14.9. The first kappa shape index (κ1) is 17.0. The normalized spacial score (nSPS) is 32.0. The first-order valence-corrected chi connectivity index (χ1v) is 7.20. The average Bonchev–Trinajstić information content (AvgIpc) is 2.80. The second kappa shape index (κ2) is 7.11. The molecule has 1 aliphatic carbocycles. The average molecular weight is 381 g/mol. The Morgan fingerprint density at radius 3 is 2.79 bits per heavy atom. The standard InChI is InChI=1S/C14H27N3O.HI/c1-5-6-8-16-13(15-4)17-11-10-7-9-18-12(10)14(11,2)3;/h10-12H,5-9H2,1-4H3,(H2,15,16,17);1H. The largest absolute Gasteiger partial charge is 0.377 e. The monoisotopic (exact) mass is 381 g/mol. The minimum Gasteiger partial charge on any atom is -0.377 e. The van der Waals surface area contributed by atoms with Crippen LogP contribution in [-0.2, 0) is 4.74 Å². The molecule has 0 spiro atoms. The molecule has 1 saturated heterocycles. The van der Waals surface area contributed by atoms with E-state index < -0.39 is 0 Å². The lowest BCUT2D eigenvalue weighted by molar-refractivity contribution is -0.106. The lowest BCUT2D eigenvalue weighted by Crippen LogP contribution is -2.67. The molecular formula is C14H28IN3O. The summed E-state index contributed by atoms with van der Waals surface area (Å²) in [6.07, 6.45) is 4.00. The van der Waals surface area contributed by atoms with E-state index in [1.54, 1.807) is 0 Å². The van der Waals surface area contributed by atoms with Gasteiger partial charge in [0, 0.05) is 37.6 Å². The summed E-state index contributed by atoms with van der Waals surface area (Å²) in [5.74, 6) is 1.59. The van der Waals surface area contributed by atoms with Crippen molar-refractivity contribution in [3.8, 4) is 0 Å². The summed E-state index contributed by atoms with van der Waals surface area (Å²) in [6.45, 7) is 8.69. The summed E-state index contributed by atoms with van der Waals surface area (Å²) >= 11 is 0. The van der Waals surface area contributed by atoms with Crippen molar-refractivity contribution in [1.29, 1.82) is 0 Å². The van der Waals surface area contributed by atoms with Crippen molar-refractivity contribution in [2.75, 3.05) is 20.2 Å². The summed E-state index contributed by atoms with van der Waals surface area (Å²) in [4.78, 5) is 4.32. The van der Waals surface area contributed by atoms with Crippen molar-refractivity contribution in [1.82, 2.24) is 10.6 Å². The molecule has 19 heavy (non-hydrogen) atoms. The van der Waals surface area contributed by atoms with Gasteiger partial charge in [-0.2, -0.15) is 0 Å². The summed E-state index contributed by atoms with van der Waals surface area (Å²) in [7, 11) is 1.84. The number of guanidine groups is 1. The number of hydrogen-bond acceptors (Lipinski definition) is 2. The van der Waals surface area contributed by atoms with Gasteiger partial charge >= 0.3 is 0 Å². The third-order valence-corrected chi connectivity index (χ3v) is 4.44. The Morgan fingerprint density at radius 1 is 1.42 bits per heavy atom. The number of unbranched alkanes of at least 4 members (excludes halogenated alkanes) is 1. The molecule has 0 bridgehead atoms. The number of aliphatic imine (C=N–C) groups is 1. The number of halogens is 1. The highest BCUT2D eigenvalue weighted by atomic mass is 127. The van der Waals surface area contributed by atoms with Gasteiger partial charge in [-0.3, -0.25) is 4.99 Å². The number of ether oxygens (including phenoxy) is 1. The molecule has 5 heteroatoms. The summed E-state index contributed by atoms with van der Waals surface area (Å²) in [5, 5.41) is 6.97. The molecule has 112 valence electrons. The van der Waals surface area contributed by atoms with Gasteiger partial charge in [-0.25, -0.2) is 0 Å². The van der Waals surface area contributed by atoms with Crippen LogP contribution in [0, 0.1) is 11.3 Å². The van der Waals surface area contributed by atoms with Crippen molar-refractivity contribution in [3.05, 3.63) is 0 Å². The van der Waals surface area contributed by atoms with E-state index in [1.807, 2.05) is 7.05 Å². The van der Waals surface area contributed by atoms with Gasteiger partial charge in [-0.05, 0) is 12.8 Å². The van der Waals surface area contributed by atoms with Crippen molar-refractivity contribution in [3.63, 3.8) is 0 Å². The number of hydrogen-bond donors (Lipinski definition) is 2. The molecule has 4 nitrogen and oxygen atoms in total. The summed E-state index contributed by atoms with van der Waals surface area (Å²) in [5.41, 5.74) is 0.212. The Balaban J connectivity index is 0.00000180. The minimum atomic E-state index is 0. The van der Waals surface area contributed by atoms with Crippen LogP contribution in [0.4, 0.5) is 0 Å². The van der Waals surface area contributed by atoms with E-state index in [0.29, 0.717) is 18.1 Å². The van der Waals surface area contributed by atoms with Crippen molar-refractivity contribution in [2.45, 2.75) is 52.2 Å². The van der Waals surface area contributed by atoms with E-state index in [0.717, 1.165) is 19.1 Å². The van der Waals surface area contributed by atoms with Gasteiger partial charge < -0.3 is 15.4 Å². The molecule has 2 N–H and O–H groups in total. The third kappa shape index (κ3) is 3.35. The van der Waals surface area contributed by atoms with Gasteiger partial charge in [0.1, 0.15) is 0 Å². The fourth-order valence-corrected chi connectivity index (χ4v) is 3.34. The molecule has 1 saturated carbocycles. The van der Waals surface area contributed by atoms with Crippen LogP contribution < -0.4 is 10.6 Å². The minimum absolute atomic E-state index is 0. The first-order valence-electron chi connectivity index (χ1n) is 7.20. The zero-order chi connectivity index (χ0) is 13.2. The highest BCUT2D eigenvalue weighted by Gasteiger charge is 2.59. The molecule has 1 heterocycles. The molecule has 2 fully saturated rings. The number of fused-ring (bicyclic) bond motifs is 1. The van der Waals surface area contributed by atoms with Crippen LogP contribution >= 0.6 is 24.0 Å². The van der Waals surface area contributed by atoms with Gasteiger partial charge in [-0.15, -0.1) is 24.0 Å². The fourth-order valence-electron chi connectivity index (χ4n) is 3.34. The molecule has 0 aromatic carbocycles. The molecule has 0 aromatic heterocycles. The van der Waals surface area contributed by atoms with Crippen molar-refractivity contribution in [2.24, 2.45) is 16.3 Å². The van der Waals surface area contributed by atoms with E-state index in [4.69, 9.17) is 4.74 Å². The number of nitrogens with one attached hydrogen (secondary N) is 2. The van der Waals surface area contributed by atoms with Gasteiger partial charge in [0.25, 0.3) is 0 Å². The molecule has 2 rings (SSSR count). The molecule has 1 aliphatic heterocycles. The molecule has 2 aliphatic rings. The van der Waals surface area contributed by atoms with E-state index in [-0.39, 0.29) is 29.4 Å². The first-order chi connectivity index (χ1) is 8.61. The quantitative estimate of drug-likeness (QED) is 0.340. The maximum Gasteiger partial charge on any atom is 0.191 e. The Labute approximate surface area is 134 Å². The molecule has 3 unspecified atom stereocenters. The summed E-state index contributed by atoms with van der Waals surface area (Å²) < 4.78 is 5.81. The van der Waals surface area contributed by atoms with E-state index in [1.165, 1.54) is 19.3 Å². The molecule has 0 amide bonds. The second-order valence-electron chi connectivity index (χ2n) is 6.04. The highest BCUT2D eigenvalue weighted by molar-refractivity contribution is 14.0. The van der Waals surface area contributed by atoms with Crippen molar-refractivity contribution >= 4 is 29.9 Å². The Bertz CT molecular complexity index is 320. The van der Waals surface area contributed by atoms with Gasteiger partial charge in [0.2, 0.25) is 0 Å². The van der Waals surface area contributed by atoms with Crippen LogP contribution in [0.15, 0.2) is 4.99 Å². The van der Waals surface area contributed by atoms with Crippen LogP contribution in [0.1, 0.15) is 40.0 Å². The van der Waals surface area contributed by atoms with Gasteiger partial charge in [0.05, 0.1) is 6.10 Å². The number of rotatable bonds is 4. The van der Waals surface area contributed by atoms with E-state index in [9.17, 15) is 0 Å². The maximum absolute atomic E-state index is 5.81. The SMILES string of the molecule is CCCCNC(=NC)NC1C2CCOC2C1(C)C.I. The van der Waals surface area contributed by atoms with E-state index >= 15 is 0 Å².